The Morgan fingerprint density at radius 3 is 2.30 bits per heavy atom. The monoisotopic (exact) mass is 266 g/mol. The lowest BCUT2D eigenvalue weighted by Gasteiger charge is -2.15. The van der Waals surface area contributed by atoms with E-state index in [-0.39, 0.29) is 5.91 Å². The van der Waals surface area contributed by atoms with Crippen LogP contribution in [-0.4, -0.2) is 12.5 Å². The summed E-state index contributed by atoms with van der Waals surface area (Å²) in [5.74, 6) is 0.0983. The van der Waals surface area contributed by atoms with Gasteiger partial charge in [0.25, 0.3) is 0 Å². The summed E-state index contributed by atoms with van der Waals surface area (Å²) in [4.78, 5) is 10.8. The molecule has 0 aromatic heterocycles. The summed E-state index contributed by atoms with van der Waals surface area (Å²) in [6.45, 7) is 2.19. The number of carbonyl (C=O) groups excluding carboxylic acids is 1. The Labute approximate surface area is 119 Å². The lowest BCUT2D eigenvalue weighted by molar-refractivity contribution is -0.115. The Hall–Kier alpha value is -2.13. The van der Waals surface area contributed by atoms with E-state index in [9.17, 15) is 4.79 Å². The number of hydrogen-bond acceptors (Lipinski definition) is 2. The SMILES string of the molecule is O=C1Cc2ccccc2N1.c1ccc2c(c1)CCNC2. The third-order valence-electron chi connectivity index (χ3n) is 3.65. The number of hydrogen-bond donors (Lipinski definition) is 2. The van der Waals surface area contributed by atoms with Crippen LogP contribution in [0, 0.1) is 0 Å². The van der Waals surface area contributed by atoms with Gasteiger partial charge >= 0.3 is 0 Å². The van der Waals surface area contributed by atoms with Crippen LogP contribution in [0.2, 0.25) is 0 Å². The average Bonchev–Trinajstić information content (AvgIpc) is 2.88. The van der Waals surface area contributed by atoms with Crippen LogP contribution in [0.4, 0.5) is 5.69 Å². The van der Waals surface area contributed by atoms with Gasteiger partial charge in [0.05, 0.1) is 6.42 Å². The van der Waals surface area contributed by atoms with Gasteiger partial charge in [-0.05, 0) is 35.7 Å². The molecule has 3 nitrogen and oxygen atoms in total. The fourth-order valence-corrected chi connectivity index (χ4v) is 2.58. The van der Waals surface area contributed by atoms with Crippen molar-refractivity contribution in [1.29, 1.82) is 0 Å². The second kappa shape index (κ2) is 5.88. The fourth-order valence-electron chi connectivity index (χ4n) is 2.58. The highest BCUT2D eigenvalue weighted by Gasteiger charge is 2.15. The van der Waals surface area contributed by atoms with E-state index in [1.807, 2.05) is 24.3 Å². The zero-order valence-electron chi connectivity index (χ0n) is 11.4. The molecule has 2 aromatic rings. The van der Waals surface area contributed by atoms with Crippen LogP contribution in [0.15, 0.2) is 48.5 Å². The maximum atomic E-state index is 10.8. The Morgan fingerprint density at radius 2 is 1.55 bits per heavy atom. The summed E-state index contributed by atoms with van der Waals surface area (Å²) >= 11 is 0. The van der Waals surface area contributed by atoms with Gasteiger partial charge in [-0.3, -0.25) is 4.79 Å². The molecule has 2 heterocycles. The maximum Gasteiger partial charge on any atom is 0.228 e. The molecular formula is C17H18N2O. The summed E-state index contributed by atoms with van der Waals surface area (Å²) < 4.78 is 0. The summed E-state index contributed by atoms with van der Waals surface area (Å²) in [6, 6.07) is 16.4. The first kappa shape index (κ1) is 12.9. The van der Waals surface area contributed by atoms with Gasteiger partial charge in [0.15, 0.2) is 0 Å². The minimum atomic E-state index is 0.0983. The molecule has 1 amide bonds. The van der Waals surface area contributed by atoms with Crippen LogP contribution in [0.1, 0.15) is 16.7 Å². The number of rotatable bonds is 0. The molecule has 4 rings (SSSR count). The van der Waals surface area contributed by atoms with E-state index in [0.29, 0.717) is 6.42 Å². The second-order valence-corrected chi connectivity index (χ2v) is 5.08. The molecule has 0 atom stereocenters. The highest BCUT2D eigenvalue weighted by Crippen LogP contribution is 2.21. The molecule has 2 aliphatic heterocycles. The van der Waals surface area contributed by atoms with Crippen molar-refractivity contribution in [2.75, 3.05) is 11.9 Å². The quantitative estimate of drug-likeness (QED) is 0.769. The zero-order chi connectivity index (χ0) is 13.8. The first-order chi connectivity index (χ1) is 9.83. The molecule has 0 radical (unpaired) electrons. The number of fused-ring (bicyclic) bond motifs is 2. The summed E-state index contributed by atoms with van der Waals surface area (Å²) in [6.07, 6.45) is 1.73. The van der Waals surface area contributed by atoms with Gasteiger partial charge in [-0.25, -0.2) is 0 Å². The molecule has 0 saturated carbocycles. The van der Waals surface area contributed by atoms with Crippen LogP contribution < -0.4 is 10.6 Å². The van der Waals surface area contributed by atoms with Crippen LogP contribution in [0.3, 0.4) is 0 Å². The van der Waals surface area contributed by atoms with Crippen molar-refractivity contribution < 1.29 is 4.79 Å². The van der Waals surface area contributed by atoms with Crippen LogP contribution in [0.5, 0.6) is 0 Å². The van der Waals surface area contributed by atoms with Gasteiger partial charge in [0.2, 0.25) is 5.91 Å². The van der Waals surface area contributed by atoms with Crippen LogP contribution in [0.25, 0.3) is 0 Å². The highest BCUT2D eigenvalue weighted by molar-refractivity contribution is 5.98. The van der Waals surface area contributed by atoms with Gasteiger partial charge in [-0.2, -0.15) is 0 Å². The highest BCUT2D eigenvalue weighted by atomic mass is 16.1. The normalized spacial score (nSPS) is 15.5. The van der Waals surface area contributed by atoms with E-state index in [1.165, 1.54) is 17.5 Å². The predicted octanol–water partition coefficient (Wildman–Crippen LogP) is 2.51. The number of anilines is 1. The van der Waals surface area contributed by atoms with Crippen molar-refractivity contribution in [3.63, 3.8) is 0 Å². The lowest BCUT2D eigenvalue weighted by atomic mass is 10.0. The molecule has 0 fully saturated rings. The van der Waals surface area contributed by atoms with E-state index >= 15 is 0 Å². The van der Waals surface area contributed by atoms with Crippen molar-refractivity contribution >= 4 is 11.6 Å². The minimum absolute atomic E-state index is 0.0983. The molecule has 102 valence electrons. The summed E-state index contributed by atoms with van der Waals surface area (Å²) in [7, 11) is 0. The molecule has 0 spiro atoms. The molecule has 2 aliphatic rings. The summed E-state index contributed by atoms with van der Waals surface area (Å²) in [5.41, 5.74) is 5.05. The smallest absolute Gasteiger partial charge is 0.228 e. The Balaban J connectivity index is 0.000000121. The first-order valence-corrected chi connectivity index (χ1v) is 6.98. The molecule has 2 aromatic carbocycles. The molecule has 0 unspecified atom stereocenters. The zero-order valence-corrected chi connectivity index (χ0v) is 11.4. The van der Waals surface area contributed by atoms with Gasteiger partial charge in [-0.15, -0.1) is 0 Å². The first-order valence-electron chi connectivity index (χ1n) is 6.98. The van der Waals surface area contributed by atoms with E-state index in [1.54, 1.807) is 0 Å². The number of nitrogens with one attached hydrogen (secondary N) is 2. The van der Waals surface area contributed by atoms with Gasteiger partial charge < -0.3 is 10.6 Å². The number of para-hydroxylation sites is 1. The minimum Gasteiger partial charge on any atom is -0.326 e. The largest absolute Gasteiger partial charge is 0.326 e. The summed E-state index contributed by atoms with van der Waals surface area (Å²) in [5, 5.41) is 6.10. The molecule has 2 N–H and O–H groups in total. The van der Waals surface area contributed by atoms with E-state index in [0.717, 1.165) is 24.3 Å². The lowest BCUT2D eigenvalue weighted by Crippen LogP contribution is -2.23. The van der Waals surface area contributed by atoms with Crippen molar-refractivity contribution in [1.82, 2.24) is 5.32 Å². The van der Waals surface area contributed by atoms with Gasteiger partial charge in [0.1, 0.15) is 0 Å². The van der Waals surface area contributed by atoms with Crippen LogP contribution >= 0.6 is 0 Å². The Morgan fingerprint density at radius 1 is 0.850 bits per heavy atom. The second-order valence-electron chi connectivity index (χ2n) is 5.08. The topological polar surface area (TPSA) is 41.1 Å². The Kier molecular flexibility index (Phi) is 3.79. The third kappa shape index (κ3) is 2.89. The Bertz CT molecular complexity index is 570. The number of benzene rings is 2. The van der Waals surface area contributed by atoms with Crippen molar-refractivity contribution in [2.45, 2.75) is 19.4 Å². The maximum absolute atomic E-state index is 10.8. The fraction of sp³-hybridized carbons (Fsp3) is 0.235. The van der Waals surface area contributed by atoms with E-state index in [2.05, 4.69) is 34.9 Å². The molecule has 0 aliphatic carbocycles. The molecule has 0 bridgehead atoms. The van der Waals surface area contributed by atoms with Gasteiger partial charge in [0, 0.05) is 12.2 Å². The number of amides is 1. The van der Waals surface area contributed by atoms with E-state index < -0.39 is 0 Å². The third-order valence-corrected chi connectivity index (χ3v) is 3.65. The standard InChI is InChI=1S/C9H11N.C8H7NO/c1-2-4-9-7-10-6-5-8(9)3-1;10-8-5-6-3-1-2-4-7(6)9-8/h1-4,10H,5-7H2;1-4H,5H2,(H,9,10). The van der Waals surface area contributed by atoms with E-state index in [4.69, 9.17) is 0 Å². The molecular weight excluding hydrogens is 248 g/mol. The van der Waals surface area contributed by atoms with Crippen molar-refractivity contribution in [3.05, 3.63) is 65.2 Å². The van der Waals surface area contributed by atoms with Crippen LogP contribution in [-0.2, 0) is 24.2 Å². The van der Waals surface area contributed by atoms with Crippen molar-refractivity contribution in [3.8, 4) is 0 Å². The molecule has 3 heteroatoms. The van der Waals surface area contributed by atoms with Gasteiger partial charge in [-0.1, -0.05) is 42.5 Å². The molecule has 0 saturated heterocycles. The average molecular weight is 266 g/mol. The number of carbonyl (C=O) groups is 1. The molecule has 20 heavy (non-hydrogen) atoms. The van der Waals surface area contributed by atoms with Crippen molar-refractivity contribution in [2.24, 2.45) is 0 Å². The predicted molar refractivity (Wildman–Crippen MR) is 80.6 cm³/mol.